The number of phenolic OH excluding ortho intramolecular Hbond substituents is 1. The molecule has 2 saturated carbocycles. The van der Waals surface area contributed by atoms with Crippen molar-refractivity contribution in [2.45, 2.75) is 75.2 Å². The van der Waals surface area contributed by atoms with E-state index in [-0.39, 0.29) is 22.9 Å². The molecule has 194 valence electrons. The topological polar surface area (TPSA) is 90.3 Å². The van der Waals surface area contributed by atoms with Gasteiger partial charge >= 0.3 is 0 Å². The molecule has 3 aliphatic heterocycles. The van der Waals surface area contributed by atoms with Crippen LogP contribution in [0.3, 0.4) is 0 Å². The van der Waals surface area contributed by atoms with Gasteiger partial charge in [-0.1, -0.05) is 12.1 Å². The lowest BCUT2D eigenvalue weighted by Gasteiger charge is -2.62. The Balaban J connectivity index is 1.37. The number of carbonyl (C=O) groups is 2. The van der Waals surface area contributed by atoms with Crippen molar-refractivity contribution in [2.24, 2.45) is 5.92 Å². The maximum atomic E-state index is 14.7. The molecular weight excluding hydrogens is 475 g/mol. The third kappa shape index (κ3) is 2.83. The first-order chi connectivity index (χ1) is 17.7. The van der Waals surface area contributed by atoms with E-state index >= 15 is 0 Å². The molecule has 2 N–H and O–H groups in total. The van der Waals surface area contributed by atoms with Gasteiger partial charge in [0.15, 0.2) is 11.5 Å². The lowest BCUT2D eigenvalue weighted by atomic mass is 9.51. The SMILES string of the molecule is Cc1ccc(O)c2c1C13CCN(CC4CC4)[C@H](C)[C@]1(O)CC[C@@H](N1C(=O)c4cccc(F)c4C1=O)[C@@H]3O2. The molecule has 5 atom stereocenters. The number of hydrogen-bond donors (Lipinski definition) is 2. The molecule has 7 nitrogen and oxygen atoms in total. The number of rotatable bonds is 3. The molecule has 2 aromatic rings. The number of aryl methyl sites for hydroxylation is 1. The van der Waals surface area contributed by atoms with Crippen LogP contribution in [0.15, 0.2) is 30.3 Å². The van der Waals surface area contributed by atoms with Crippen LogP contribution in [-0.2, 0) is 5.41 Å². The summed E-state index contributed by atoms with van der Waals surface area (Å²) >= 11 is 0. The zero-order chi connectivity index (χ0) is 25.9. The maximum absolute atomic E-state index is 14.7. The van der Waals surface area contributed by atoms with E-state index in [2.05, 4.69) is 11.8 Å². The van der Waals surface area contributed by atoms with Gasteiger partial charge < -0.3 is 14.9 Å². The molecule has 0 radical (unpaired) electrons. The highest BCUT2D eigenvalue weighted by atomic mass is 19.1. The van der Waals surface area contributed by atoms with Crippen LogP contribution >= 0.6 is 0 Å². The Hall–Kier alpha value is -2.97. The second-order valence-electron chi connectivity index (χ2n) is 11.7. The van der Waals surface area contributed by atoms with Crippen LogP contribution in [0.5, 0.6) is 11.5 Å². The third-order valence-corrected chi connectivity index (χ3v) is 9.91. The first-order valence-electron chi connectivity index (χ1n) is 13.3. The molecule has 7 rings (SSSR count). The number of fused-ring (bicyclic) bond motifs is 2. The largest absolute Gasteiger partial charge is 0.504 e. The van der Waals surface area contributed by atoms with Crippen molar-refractivity contribution in [1.29, 1.82) is 0 Å². The second kappa shape index (κ2) is 7.54. The molecule has 1 saturated heterocycles. The summed E-state index contributed by atoms with van der Waals surface area (Å²) < 4.78 is 21.2. The molecule has 2 amide bonds. The molecule has 3 fully saturated rings. The summed E-state index contributed by atoms with van der Waals surface area (Å²) in [4.78, 5) is 30.5. The number of imide groups is 1. The van der Waals surface area contributed by atoms with Gasteiger partial charge in [-0.2, -0.15) is 0 Å². The Morgan fingerprint density at radius 3 is 2.62 bits per heavy atom. The fourth-order valence-electron chi connectivity index (χ4n) is 7.92. The van der Waals surface area contributed by atoms with E-state index < -0.39 is 40.8 Å². The minimum atomic E-state index is -1.20. The second-order valence-corrected chi connectivity index (χ2v) is 11.7. The van der Waals surface area contributed by atoms with Crippen LogP contribution in [0.2, 0.25) is 0 Å². The molecule has 1 unspecified atom stereocenters. The molecule has 5 aliphatic rings. The normalized spacial score (nSPS) is 34.6. The van der Waals surface area contributed by atoms with Crippen LogP contribution in [0.25, 0.3) is 0 Å². The average Bonchev–Trinajstić information content (AvgIpc) is 3.56. The number of phenols is 1. The van der Waals surface area contributed by atoms with Crippen LogP contribution in [0.4, 0.5) is 4.39 Å². The molecule has 0 bridgehead atoms. The molecule has 0 aromatic heterocycles. The van der Waals surface area contributed by atoms with Gasteiger partial charge in [-0.25, -0.2) is 4.39 Å². The fraction of sp³-hybridized carbons (Fsp3) is 0.517. The molecule has 8 heteroatoms. The first-order valence-corrected chi connectivity index (χ1v) is 13.3. The first kappa shape index (κ1) is 23.2. The minimum absolute atomic E-state index is 0.0213. The monoisotopic (exact) mass is 506 g/mol. The van der Waals surface area contributed by atoms with Gasteiger partial charge in [0.25, 0.3) is 11.8 Å². The number of aromatic hydroxyl groups is 1. The highest BCUT2D eigenvalue weighted by molar-refractivity contribution is 6.21. The zero-order valence-electron chi connectivity index (χ0n) is 21.0. The summed E-state index contributed by atoms with van der Waals surface area (Å²) in [5, 5.41) is 23.5. The van der Waals surface area contributed by atoms with Crippen molar-refractivity contribution in [3.8, 4) is 11.5 Å². The quantitative estimate of drug-likeness (QED) is 0.619. The Labute approximate surface area is 214 Å². The summed E-state index contributed by atoms with van der Waals surface area (Å²) in [6.07, 6.45) is 2.91. The number of hydrogen-bond acceptors (Lipinski definition) is 6. The van der Waals surface area contributed by atoms with Crippen molar-refractivity contribution >= 4 is 11.8 Å². The predicted molar refractivity (Wildman–Crippen MR) is 132 cm³/mol. The fourth-order valence-corrected chi connectivity index (χ4v) is 7.92. The number of amides is 2. The average molecular weight is 507 g/mol. The van der Waals surface area contributed by atoms with E-state index in [1.807, 2.05) is 13.0 Å². The lowest BCUT2D eigenvalue weighted by Crippen LogP contribution is -2.76. The Morgan fingerprint density at radius 2 is 1.89 bits per heavy atom. The molecular formula is C29H31FN2O5. The van der Waals surface area contributed by atoms with Gasteiger partial charge in [-0.3, -0.25) is 19.4 Å². The smallest absolute Gasteiger partial charge is 0.264 e. The van der Waals surface area contributed by atoms with Crippen LogP contribution in [-0.4, -0.2) is 68.7 Å². The van der Waals surface area contributed by atoms with Gasteiger partial charge in [-0.05, 0) is 82.2 Å². The number of halogens is 1. The maximum Gasteiger partial charge on any atom is 0.264 e. The van der Waals surface area contributed by atoms with Gasteiger partial charge in [0.1, 0.15) is 11.9 Å². The van der Waals surface area contributed by atoms with E-state index in [0.717, 1.165) is 29.1 Å². The molecule has 3 heterocycles. The van der Waals surface area contributed by atoms with Crippen molar-refractivity contribution in [3.05, 3.63) is 58.4 Å². The van der Waals surface area contributed by atoms with E-state index in [1.54, 1.807) is 6.07 Å². The van der Waals surface area contributed by atoms with E-state index in [9.17, 15) is 24.2 Å². The summed E-state index contributed by atoms with van der Waals surface area (Å²) in [5.74, 6) is -0.953. The number of carbonyl (C=O) groups excluding carboxylic acids is 2. The van der Waals surface area contributed by atoms with E-state index in [4.69, 9.17) is 4.74 Å². The number of benzene rings is 2. The molecule has 1 spiro atoms. The van der Waals surface area contributed by atoms with Gasteiger partial charge in [0.05, 0.1) is 28.2 Å². The number of piperidine rings is 1. The molecule has 2 aliphatic carbocycles. The van der Waals surface area contributed by atoms with Crippen molar-refractivity contribution in [2.75, 3.05) is 13.1 Å². The number of ether oxygens (including phenoxy) is 1. The highest BCUT2D eigenvalue weighted by Gasteiger charge is 2.71. The number of aliphatic hydroxyl groups is 1. The van der Waals surface area contributed by atoms with Gasteiger partial charge in [-0.15, -0.1) is 0 Å². The van der Waals surface area contributed by atoms with Crippen molar-refractivity contribution < 1.29 is 28.9 Å². The van der Waals surface area contributed by atoms with Crippen molar-refractivity contribution in [3.63, 3.8) is 0 Å². The van der Waals surface area contributed by atoms with Crippen LogP contribution in [0.1, 0.15) is 70.9 Å². The van der Waals surface area contributed by atoms with Crippen LogP contribution in [0, 0.1) is 18.7 Å². The summed E-state index contributed by atoms with van der Waals surface area (Å²) in [5.41, 5.74) is -0.612. The third-order valence-electron chi connectivity index (χ3n) is 9.91. The predicted octanol–water partition coefficient (Wildman–Crippen LogP) is 3.53. The number of nitrogens with zero attached hydrogens (tertiary/aromatic N) is 2. The Bertz CT molecular complexity index is 1360. The van der Waals surface area contributed by atoms with Gasteiger partial charge in [0.2, 0.25) is 0 Å². The lowest BCUT2D eigenvalue weighted by molar-refractivity contribution is -0.187. The molecule has 2 aromatic carbocycles. The standard InChI is InChI=1S/C29H31FN2O5/c1-15-6-9-21(33)24-23(15)28-12-13-31(14-17-7-8-17)16(2)29(28,36)11-10-20(25(28)37-24)32-26(34)18-4-3-5-19(30)22(18)27(32)35/h3-6,9,16-17,20,25,33,36H,7-8,10-14H2,1-2H3/t16-,20-,25+,28?,29-/m1/s1. The zero-order valence-corrected chi connectivity index (χ0v) is 21.0. The highest BCUT2D eigenvalue weighted by Crippen LogP contribution is 2.63. The Morgan fingerprint density at radius 1 is 1.11 bits per heavy atom. The van der Waals surface area contributed by atoms with Gasteiger partial charge in [0, 0.05) is 18.2 Å². The molecule has 37 heavy (non-hydrogen) atoms. The van der Waals surface area contributed by atoms with Crippen molar-refractivity contribution in [1.82, 2.24) is 9.80 Å². The number of likely N-dealkylation sites (tertiary alicyclic amines) is 1. The minimum Gasteiger partial charge on any atom is -0.504 e. The Kier molecular flexibility index (Phi) is 4.72. The summed E-state index contributed by atoms with van der Waals surface area (Å²) in [6, 6.07) is 6.63. The van der Waals surface area contributed by atoms with Crippen LogP contribution < -0.4 is 4.74 Å². The van der Waals surface area contributed by atoms with E-state index in [1.165, 1.54) is 31.0 Å². The summed E-state index contributed by atoms with van der Waals surface area (Å²) in [7, 11) is 0. The van der Waals surface area contributed by atoms with E-state index in [0.29, 0.717) is 30.9 Å². The summed E-state index contributed by atoms with van der Waals surface area (Å²) in [6.45, 7) is 5.69.